The number of nitrogens with zero attached hydrogens (tertiary/aromatic N) is 1. The number of carbonyl (C=O) groups is 1. The molecule has 1 aromatic rings. The van der Waals surface area contributed by atoms with Crippen LogP contribution in [-0.2, 0) is 4.74 Å². The highest BCUT2D eigenvalue weighted by molar-refractivity contribution is 5.99. The summed E-state index contributed by atoms with van der Waals surface area (Å²) in [7, 11) is 1.00. The van der Waals surface area contributed by atoms with Gasteiger partial charge in [-0.25, -0.2) is 0 Å². The Labute approximate surface area is 107 Å². The van der Waals surface area contributed by atoms with Crippen LogP contribution >= 0.6 is 0 Å². The fourth-order valence-electron chi connectivity index (χ4n) is 1.89. The van der Waals surface area contributed by atoms with E-state index in [1.54, 1.807) is 6.07 Å². The predicted molar refractivity (Wildman–Crippen MR) is 72.0 cm³/mol. The normalized spacial score (nSPS) is 14.7. The van der Waals surface area contributed by atoms with E-state index < -0.39 is 0 Å². The van der Waals surface area contributed by atoms with Crippen molar-refractivity contribution in [2.75, 3.05) is 44.0 Å². The molecule has 18 heavy (non-hydrogen) atoms. The van der Waals surface area contributed by atoms with Gasteiger partial charge in [0.15, 0.2) is 5.78 Å². The van der Waals surface area contributed by atoms with Gasteiger partial charge in [-0.15, -0.1) is 0 Å². The van der Waals surface area contributed by atoms with E-state index in [0.717, 1.165) is 39.1 Å². The van der Waals surface area contributed by atoms with E-state index in [0.29, 0.717) is 11.3 Å². The van der Waals surface area contributed by atoms with Crippen LogP contribution in [-0.4, -0.2) is 44.3 Å². The second-order valence-electron chi connectivity index (χ2n) is 3.93. The molecular weight excluding hydrogens is 232 g/mol. The molecule has 1 aliphatic rings. The molecule has 5 nitrogen and oxygen atoms in total. The van der Waals surface area contributed by atoms with E-state index in [2.05, 4.69) is 4.90 Å². The summed E-state index contributed by atoms with van der Waals surface area (Å²) in [4.78, 5) is 13.5. The van der Waals surface area contributed by atoms with Crippen molar-refractivity contribution in [3.63, 3.8) is 0 Å². The number of carbonyl (C=O) groups excluding carboxylic acids is 1. The van der Waals surface area contributed by atoms with Gasteiger partial charge in [0, 0.05) is 37.1 Å². The number of Topliss-reactive ketones (excluding diaryl/α,β-unsaturated/α-hetero) is 1. The van der Waals surface area contributed by atoms with Gasteiger partial charge in [0.05, 0.1) is 13.2 Å². The number of anilines is 2. The van der Waals surface area contributed by atoms with Gasteiger partial charge < -0.3 is 20.5 Å². The molecule has 2 rings (SSSR count). The van der Waals surface area contributed by atoms with Gasteiger partial charge in [-0.3, -0.25) is 4.79 Å². The molecule has 100 valence electrons. The largest absolute Gasteiger partial charge is 0.400 e. The average Bonchev–Trinajstić information content (AvgIpc) is 2.41. The molecule has 0 spiro atoms. The van der Waals surface area contributed by atoms with Gasteiger partial charge in [-0.1, -0.05) is 0 Å². The first-order valence-corrected chi connectivity index (χ1v) is 5.86. The third-order valence-electron chi connectivity index (χ3n) is 2.79. The molecule has 0 atom stereocenters. The highest BCUT2D eigenvalue weighted by Gasteiger charge is 2.13. The number of nitrogens with two attached hydrogens (primary N) is 1. The van der Waals surface area contributed by atoms with Gasteiger partial charge in [0.25, 0.3) is 0 Å². The molecule has 0 aliphatic carbocycles. The van der Waals surface area contributed by atoms with E-state index in [-0.39, 0.29) is 5.78 Å². The van der Waals surface area contributed by atoms with Gasteiger partial charge in [-0.2, -0.15) is 0 Å². The zero-order valence-corrected chi connectivity index (χ0v) is 10.8. The summed E-state index contributed by atoms with van der Waals surface area (Å²) in [5.41, 5.74) is 8.06. The fraction of sp³-hybridized carbons (Fsp3) is 0.462. The van der Waals surface area contributed by atoms with Crippen LogP contribution in [0, 0.1) is 0 Å². The van der Waals surface area contributed by atoms with Gasteiger partial charge >= 0.3 is 0 Å². The van der Waals surface area contributed by atoms with E-state index in [1.807, 2.05) is 12.1 Å². The summed E-state index contributed by atoms with van der Waals surface area (Å²) >= 11 is 0. The zero-order chi connectivity index (χ0) is 13.5. The number of morpholine rings is 1. The smallest absolute Gasteiger partial charge is 0.161 e. The molecule has 0 unspecified atom stereocenters. The second kappa shape index (κ2) is 6.98. The summed E-state index contributed by atoms with van der Waals surface area (Å²) < 4.78 is 5.29. The van der Waals surface area contributed by atoms with Crippen LogP contribution in [0.2, 0.25) is 0 Å². The van der Waals surface area contributed by atoms with Crippen molar-refractivity contribution in [2.24, 2.45) is 0 Å². The molecule has 0 amide bonds. The van der Waals surface area contributed by atoms with Crippen molar-refractivity contribution in [1.29, 1.82) is 0 Å². The molecule has 0 aromatic heterocycles. The number of aliphatic hydroxyl groups excluding tert-OH is 1. The maximum Gasteiger partial charge on any atom is 0.161 e. The number of hydrogen-bond acceptors (Lipinski definition) is 5. The van der Waals surface area contributed by atoms with Crippen LogP contribution in [0.1, 0.15) is 17.3 Å². The first kappa shape index (κ1) is 14.5. The quantitative estimate of drug-likeness (QED) is 0.604. The van der Waals surface area contributed by atoms with Crippen LogP contribution in [0.25, 0.3) is 0 Å². The molecule has 5 heteroatoms. The molecule has 3 N–H and O–H groups in total. The minimum Gasteiger partial charge on any atom is -0.400 e. The Bertz CT molecular complexity index is 401. The first-order valence-electron chi connectivity index (χ1n) is 5.86. The van der Waals surface area contributed by atoms with Crippen LogP contribution in [0.4, 0.5) is 11.4 Å². The molecule has 0 bridgehead atoms. The SMILES string of the molecule is CC(=O)c1ccc(N2CCOCC2)cc1N.CO. The minimum absolute atomic E-state index is 0.00558. The lowest BCUT2D eigenvalue weighted by Crippen LogP contribution is -2.36. The molecule has 1 saturated heterocycles. The van der Waals surface area contributed by atoms with Crippen molar-refractivity contribution < 1.29 is 14.6 Å². The average molecular weight is 252 g/mol. The van der Waals surface area contributed by atoms with Crippen molar-refractivity contribution >= 4 is 17.2 Å². The second-order valence-corrected chi connectivity index (χ2v) is 3.93. The van der Waals surface area contributed by atoms with Gasteiger partial charge in [-0.05, 0) is 25.1 Å². The molecular formula is C13H20N2O3. The maximum atomic E-state index is 11.2. The Kier molecular flexibility index (Phi) is 5.61. The van der Waals surface area contributed by atoms with Gasteiger partial charge in [0.1, 0.15) is 0 Å². The molecule has 1 heterocycles. The fourth-order valence-corrected chi connectivity index (χ4v) is 1.89. The summed E-state index contributed by atoms with van der Waals surface area (Å²) in [5.74, 6) is 0.00558. The van der Waals surface area contributed by atoms with E-state index >= 15 is 0 Å². The molecule has 0 radical (unpaired) electrons. The minimum atomic E-state index is 0.00558. The van der Waals surface area contributed by atoms with Crippen molar-refractivity contribution in [3.05, 3.63) is 23.8 Å². The Balaban J connectivity index is 0.000000771. The summed E-state index contributed by atoms with van der Waals surface area (Å²) in [5, 5.41) is 7.00. The molecule has 1 aromatic carbocycles. The molecule has 1 fully saturated rings. The van der Waals surface area contributed by atoms with Crippen molar-refractivity contribution in [3.8, 4) is 0 Å². The number of ether oxygens (including phenoxy) is 1. The van der Waals surface area contributed by atoms with Crippen LogP contribution < -0.4 is 10.6 Å². The third-order valence-corrected chi connectivity index (χ3v) is 2.79. The lowest BCUT2D eigenvalue weighted by atomic mass is 10.1. The molecule has 1 aliphatic heterocycles. The van der Waals surface area contributed by atoms with Crippen LogP contribution in [0.15, 0.2) is 18.2 Å². The van der Waals surface area contributed by atoms with E-state index in [9.17, 15) is 4.79 Å². The number of benzene rings is 1. The zero-order valence-electron chi connectivity index (χ0n) is 10.8. The monoisotopic (exact) mass is 252 g/mol. The Morgan fingerprint density at radius 3 is 2.44 bits per heavy atom. The molecule has 0 saturated carbocycles. The van der Waals surface area contributed by atoms with Gasteiger partial charge in [0.2, 0.25) is 0 Å². The van der Waals surface area contributed by atoms with Crippen molar-refractivity contribution in [2.45, 2.75) is 6.92 Å². The highest BCUT2D eigenvalue weighted by Crippen LogP contribution is 2.22. The standard InChI is InChI=1S/C12H16N2O2.CH4O/c1-9(15)11-3-2-10(8-12(11)13)14-4-6-16-7-5-14;1-2/h2-3,8H,4-7,13H2,1H3;2H,1H3. The number of ketones is 1. The predicted octanol–water partition coefficient (Wildman–Crippen LogP) is 0.916. The topological polar surface area (TPSA) is 75.8 Å². The lowest BCUT2D eigenvalue weighted by Gasteiger charge is -2.29. The van der Waals surface area contributed by atoms with Crippen LogP contribution in [0.5, 0.6) is 0 Å². The Hall–Kier alpha value is -1.59. The Morgan fingerprint density at radius 2 is 1.94 bits per heavy atom. The summed E-state index contributed by atoms with van der Waals surface area (Å²) in [6.45, 7) is 4.76. The first-order chi connectivity index (χ1) is 8.68. The Morgan fingerprint density at radius 1 is 1.33 bits per heavy atom. The maximum absolute atomic E-state index is 11.2. The van der Waals surface area contributed by atoms with Crippen LogP contribution in [0.3, 0.4) is 0 Å². The number of hydrogen-bond donors (Lipinski definition) is 2. The number of aliphatic hydroxyl groups is 1. The summed E-state index contributed by atoms with van der Waals surface area (Å²) in [6.07, 6.45) is 0. The third kappa shape index (κ3) is 3.45. The van der Waals surface area contributed by atoms with Crippen molar-refractivity contribution in [1.82, 2.24) is 0 Å². The summed E-state index contributed by atoms with van der Waals surface area (Å²) in [6, 6.07) is 5.60. The highest BCUT2D eigenvalue weighted by atomic mass is 16.5. The van der Waals surface area contributed by atoms with E-state index in [4.69, 9.17) is 15.6 Å². The lowest BCUT2D eigenvalue weighted by molar-refractivity contribution is 0.101. The van der Waals surface area contributed by atoms with E-state index in [1.165, 1.54) is 6.92 Å². The number of rotatable bonds is 2. The number of nitrogen functional groups attached to an aromatic ring is 1.